The fraction of sp³-hybridized carbons (Fsp3) is 0.385. The molecule has 0 radical (unpaired) electrons. The topological polar surface area (TPSA) is 97.8 Å². The van der Waals surface area contributed by atoms with Crippen LogP contribution in [0.4, 0.5) is 20.5 Å². The molecule has 186 valence electrons. The van der Waals surface area contributed by atoms with Crippen LogP contribution in [0.1, 0.15) is 42.9 Å². The predicted octanol–water partition coefficient (Wildman–Crippen LogP) is 4.26. The summed E-state index contributed by atoms with van der Waals surface area (Å²) in [5.74, 6) is 0.415. The number of fused-ring (bicyclic) bond motifs is 2. The molecule has 6 rings (SSSR count). The highest BCUT2D eigenvalue weighted by molar-refractivity contribution is 5.83. The van der Waals surface area contributed by atoms with E-state index in [2.05, 4.69) is 25.2 Å². The monoisotopic (exact) mass is 490 g/mol. The van der Waals surface area contributed by atoms with Crippen LogP contribution in [0.15, 0.2) is 30.5 Å². The number of hydrogen-bond donors (Lipinski definition) is 2. The highest BCUT2D eigenvalue weighted by atomic mass is 19.1. The molecule has 4 heterocycles. The van der Waals surface area contributed by atoms with Crippen LogP contribution in [0.25, 0.3) is 22.3 Å². The van der Waals surface area contributed by atoms with Crippen LogP contribution in [-0.4, -0.2) is 48.5 Å². The van der Waals surface area contributed by atoms with Gasteiger partial charge in [-0.1, -0.05) is 6.07 Å². The average molecular weight is 491 g/mol. The molecule has 0 amide bonds. The van der Waals surface area contributed by atoms with Crippen molar-refractivity contribution in [3.8, 4) is 11.3 Å². The van der Waals surface area contributed by atoms with Crippen LogP contribution in [0.2, 0.25) is 0 Å². The molecule has 3 aromatic heterocycles. The number of imidazole rings is 1. The second kappa shape index (κ2) is 8.86. The van der Waals surface area contributed by atoms with Gasteiger partial charge in [-0.15, -0.1) is 0 Å². The average Bonchev–Trinajstić information content (AvgIpc) is 3.61. The Labute approximate surface area is 207 Å². The lowest BCUT2D eigenvalue weighted by molar-refractivity contribution is 0.240. The Kier molecular flexibility index (Phi) is 5.65. The van der Waals surface area contributed by atoms with E-state index in [9.17, 15) is 8.78 Å². The lowest BCUT2D eigenvalue weighted by Gasteiger charge is -2.29. The molecule has 36 heavy (non-hydrogen) atoms. The SMILES string of the molecule is Cc1nc2c(F)cc(-c3nc(Nc4ccc5c(n4)CCN(C[C@H](C)N)C5)ncc3F)cc2n1C1CC1. The van der Waals surface area contributed by atoms with Crippen molar-refractivity contribution in [2.45, 2.75) is 51.7 Å². The Morgan fingerprint density at radius 3 is 2.75 bits per heavy atom. The quantitative estimate of drug-likeness (QED) is 0.417. The Balaban J connectivity index is 1.29. The first-order chi connectivity index (χ1) is 17.4. The zero-order chi connectivity index (χ0) is 25.0. The number of nitrogens with zero attached hydrogens (tertiary/aromatic N) is 6. The van der Waals surface area contributed by atoms with Crippen molar-refractivity contribution in [1.29, 1.82) is 0 Å². The molecule has 2 aliphatic rings. The number of pyridine rings is 1. The normalized spacial score (nSPS) is 16.8. The van der Waals surface area contributed by atoms with E-state index < -0.39 is 11.6 Å². The first kappa shape index (κ1) is 22.9. The van der Waals surface area contributed by atoms with Crippen molar-refractivity contribution in [2.75, 3.05) is 18.4 Å². The summed E-state index contributed by atoms with van der Waals surface area (Å²) in [5, 5.41) is 3.09. The van der Waals surface area contributed by atoms with Crippen molar-refractivity contribution in [3.63, 3.8) is 0 Å². The zero-order valence-electron chi connectivity index (χ0n) is 20.3. The van der Waals surface area contributed by atoms with Crippen molar-refractivity contribution in [3.05, 3.63) is 59.2 Å². The predicted molar refractivity (Wildman–Crippen MR) is 134 cm³/mol. The molecule has 8 nitrogen and oxygen atoms in total. The van der Waals surface area contributed by atoms with E-state index in [0.29, 0.717) is 28.5 Å². The van der Waals surface area contributed by atoms with E-state index in [4.69, 9.17) is 10.7 Å². The van der Waals surface area contributed by atoms with Gasteiger partial charge in [0, 0.05) is 49.4 Å². The number of halogens is 2. The van der Waals surface area contributed by atoms with Crippen molar-refractivity contribution < 1.29 is 8.78 Å². The molecular formula is C26H28F2N8. The van der Waals surface area contributed by atoms with E-state index in [-0.39, 0.29) is 17.7 Å². The Morgan fingerprint density at radius 1 is 1.14 bits per heavy atom. The second-order valence-corrected chi connectivity index (χ2v) is 9.87. The van der Waals surface area contributed by atoms with Crippen LogP contribution in [0.3, 0.4) is 0 Å². The number of benzene rings is 1. The molecule has 1 saturated carbocycles. The molecule has 0 spiro atoms. The maximum Gasteiger partial charge on any atom is 0.229 e. The van der Waals surface area contributed by atoms with Crippen LogP contribution in [0, 0.1) is 18.6 Å². The van der Waals surface area contributed by atoms with E-state index >= 15 is 0 Å². The van der Waals surface area contributed by atoms with E-state index in [1.165, 1.54) is 11.6 Å². The number of hydrogen-bond acceptors (Lipinski definition) is 7. The summed E-state index contributed by atoms with van der Waals surface area (Å²) in [4.78, 5) is 19.9. The van der Waals surface area contributed by atoms with Gasteiger partial charge in [0.2, 0.25) is 5.95 Å². The molecule has 1 fully saturated rings. The third-order valence-corrected chi connectivity index (χ3v) is 6.77. The summed E-state index contributed by atoms with van der Waals surface area (Å²) in [6, 6.07) is 7.38. The molecule has 4 aromatic rings. The minimum Gasteiger partial charge on any atom is -0.327 e. The Bertz CT molecular complexity index is 1460. The lowest BCUT2D eigenvalue weighted by Crippen LogP contribution is -2.39. The van der Waals surface area contributed by atoms with E-state index in [1.54, 1.807) is 6.07 Å². The van der Waals surface area contributed by atoms with Crippen LogP contribution in [-0.2, 0) is 13.0 Å². The van der Waals surface area contributed by atoms with E-state index in [0.717, 1.165) is 56.6 Å². The van der Waals surface area contributed by atoms with Crippen molar-refractivity contribution in [1.82, 2.24) is 29.4 Å². The summed E-state index contributed by atoms with van der Waals surface area (Å²) in [5.41, 5.74) is 9.46. The summed E-state index contributed by atoms with van der Waals surface area (Å²) in [7, 11) is 0. The molecule has 0 bridgehead atoms. The van der Waals surface area contributed by atoms with Crippen LogP contribution < -0.4 is 11.1 Å². The standard InChI is InChI=1S/C26H28F2N8/c1-14(29)12-35-8-7-21-16(13-35)3-6-23(32-21)33-26-30-11-20(28)24(34-26)17-9-19(27)25-22(10-17)36(15(2)31-25)18-4-5-18/h3,6,9-11,14,18H,4-5,7-8,12-13,29H2,1-2H3,(H,30,32,33,34)/t14-/m0/s1. The van der Waals surface area contributed by atoms with Gasteiger partial charge in [-0.25, -0.2) is 28.7 Å². The first-order valence-electron chi connectivity index (χ1n) is 12.3. The smallest absolute Gasteiger partial charge is 0.229 e. The van der Waals surface area contributed by atoms with Gasteiger partial charge in [0.05, 0.1) is 11.7 Å². The van der Waals surface area contributed by atoms with Gasteiger partial charge in [0.1, 0.15) is 22.9 Å². The molecule has 1 aliphatic carbocycles. The Hall–Kier alpha value is -3.50. The summed E-state index contributed by atoms with van der Waals surface area (Å²) < 4.78 is 31.8. The number of aromatic nitrogens is 5. The van der Waals surface area contributed by atoms with Gasteiger partial charge >= 0.3 is 0 Å². The van der Waals surface area contributed by atoms with Crippen molar-refractivity contribution in [2.24, 2.45) is 5.73 Å². The minimum atomic E-state index is -0.624. The fourth-order valence-corrected chi connectivity index (χ4v) is 5.05. The van der Waals surface area contributed by atoms with Gasteiger partial charge < -0.3 is 15.6 Å². The molecule has 1 aliphatic heterocycles. The van der Waals surface area contributed by atoms with Crippen molar-refractivity contribution >= 4 is 22.8 Å². The molecule has 0 saturated heterocycles. The molecule has 1 atom stereocenters. The maximum atomic E-state index is 15.0. The van der Waals surface area contributed by atoms with Crippen LogP contribution in [0.5, 0.6) is 0 Å². The lowest BCUT2D eigenvalue weighted by atomic mass is 10.1. The Morgan fingerprint density at radius 2 is 1.97 bits per heavy atom. The highest BCUT2D eigenvalue weighted by Gasteiger charge is 2.28. The summed E-state index contributed by atoms with van der Waals surface area (Å²) >= 11 is 0. The van der Waals surface area contributed by atoms with Gasteiger partial charge in [0.15, 0.2) is 11.6 Å². The number of nitrogens with two attached hydrogens (primary N) is 1. The maximum absolute atomic E-state index is 15.0. The molecule has 10 heteroatoms. The number of aryl methyl sites for hydroxylation is 1. The number of rotatable bonds is 6. The fourth-order valence-electron chi connectivity index (χ4n) is 5.05. The molecular weight excluding hydrogens is 462 g/mol. The van der Waals surface area contributed by atoms with E-state index in [1.807, 2.05) is 30.5 Å². The van der Waals surface area contributed by atoms with Gasteiger partial charge in [-0.3, -0.25) is 4.90 Å². The zero-order valence-corrected chi connectivity index (χ0v) is 20.3. The highest BCUT2D eigenvalue weighted by Crippen LogP contribution is 2.40. The van der Waals surface area contributed by atoms with Crippen LogP contribution >= 0.6 is 0 Å². The molecule has 1 aromatic carbocycles. The molecule has 0 unspecified atom stereocenters. The largest absolute Gasteiger partial charge is 0.327 e. The first-order valence-corrected chi connectivity index (χ1v) is 12.3. The third kappa shape index (κ3) is 4.31. The van der Waals surface area contributed by atoms with Gasteiger partial charge in [0.25, 0.3) is 0 Å². The second-order valence-electron chi connectivity index (χ2n) is 9.87. The number of nitrogens with one attached hydrogen (secondary N) is 1. The minimum absolute atomic E-state index is 0.0269. The van der Waals surface area contributed by atoms with Gasteiger partial charge in [-0.2, -0.15) is 0 Å². The summed E-state index contributed by atoms with van der Waals surface area (Å²) in [6.07, 6.45) is 3.99. The summed E-state index contributed by atoms with van der Waals surface area (Å²) in [6.45, 7) is 6.43. The molecule has 3 N–H and O–H groups in total. The number of anilines is 2. The third-order valence-electron chi connectivity index (χ3n) is 6.77. The van der Waals surface area contributed by atoms with Gasteiger partial charge in [-0.05, 0) is 50.5 Å².